The standard InChI is InChI=1S/C20H18N2/c1-2-8-16(9-3-1)14-22-15-17-10-4-5-11-18(17)19-12-6-7-13-20(19)21-22/h1-13,15,20-21H,14H2. The van der Waals surface area contributed by atoms with E-state index in [-0.39, 0.29) is 6.04 Å². The minimum atomic E-state index is 0.216. The van der Waals surface area contributed by atoms with Crippen molar-refractivity contribution in [3.05, 3.63) is 94.9 Å². The van der Waals surface area contributed by atoms with Crippen LogP contribution in [-0.4, -0.2) is 11.1 Å². The molecule has 2 aromatic carbocycles. The molecule has 2 heteroatoms. The van der Waals surface area contributed by atoms with E-state index < -0.39 is 0 Å². The number of rotatable bonds is 2. The lowest BCUT2D eigenvalue weighted by atomic mass is 9.99. The Kier molecular flexibility index (Phi) is 3.37. The van der Waals surface area contributed by atoms with E-state index in [2.05, 4.69) is 95.5 Å². The van der Waals surface area contributed by atoms with Gasteiger partial charge >= 0.3 is 0 Å². The van der Waals surface area contributed by atoms with E-state index >= 15 is 0 Å². The van der Waals surface area contributed by atoms with Crippen molar-refractivity contribution in [1.29, 1.82) is 0 Å². The minimum absolute atomic E-state index is 0.216. The summed E-state index contributed by atoms with van der Waals surface area (Å²) in [5.74, 6) is 0. The van der Waals surface area contributed by atoms with E-state index in [1.807, 2.05) is 0 Å². The first-order chi connectivity index (χ1) is 10.9. The fourth-order valence-corrected chi connectivity index (χ4v) is 3.04. The maximum atomic E-state index is 3.62. The molecule has 0 saturated carbocycles. The molecule has 0 spiro atoms. The molecule has 1 unspecified atom stereocenters. The average molecular weight is 286 g/mol. The zero-order chi connectivity index (χ0) is 14.8. The Morgan fingerprint density at radius 1 is 0.909 bits per heavy atom. The molecule has 0 saturated heterocycles. The number of hydrogen-bond donors (Lipinski definition) is 1. The molecule has 0 aromatic heterocycles. The van der Waals surface area contributed by atoms with Crippen LogP contribution in [0.2, 0.25) is 0 Å². The predicted molar refractivity (Wildman–Crippen MR) is 90.8 cm³/mol. The summed E-state index contributed by atoms with van der Waals surface area (Å²) < 4.78 is 0. The van der Waals surface area contributed by atoms with Gasteiger partial charge in [-0.15, -0.1) is 0 Å². The second-order valence-electron chi connectivity index (χ2n) is 5.64. The molecular formula is C20H18N2. The van der Waals surface area contributed by atoms with Gasteiger partial charge in [-0.1, -0.05) is 78.9 Å². The molecule has 0 amide bonds. The van der Waals surface area contributed by atoms with Crippen molar-refractivity contribution in [2.75, 3.05) is 0 Å². The van der Waals surface area contributed by atoms with Crippen molar-refractivity contribution < 1.29 is 0 Å². The van der Waals surface area contributed by atoms with Crippen LogP contribution in [0, 0.1) is 0 Å². The Morgan fingerprint density at radius 2 is 1.73 bits per heavy atom. The van der Waals surface area contributed by atoms with Crippen molar-refractivity contribution in [2.45, 2.75) is 12.6 Å². The molecule has 4 rings (SSSR count). The molecule has 0 fully saturated rings. The minimum Gasteiger partial charge on any atom is -0.310 e. The molecular weight excluding hydrogens is 268 g/mol. The average Bonchev–Trinajstić information content (AvgIpc) is 2.72. The van der Waals surface area contributed by atoms with Gasteiger partial charge in [0.05, 0.1) is 12.6 Å². The third kappa shape index (κ3) is 2.49. The number of nitrogens with one attached hydrogen (secondary N) is 1. The van der Waals surface area contributed by atoms with E-state index in [0.29, 0.717) is 0 Å². The fourth-order valence-electron chi connectivity index (χ4n) is 3.04. The molecule has 1 N–H and O–H groups in total. The molecule has 0 radical (unpaired) electrons. The first kappa shape index (κ1) is 13.1. The van der Waals surface area contributed by atoms with Crippen LogP contribution in [0.1, 0.15) is 5.56 Å². The van der Waals surface area contributed by atoms with Gasteiger partial charge in [0.2, 0.25) is 0 Å². The summed E-state index contributed by atoms with van der Waals surface area (Å²) in [5, 5.41) is 4.74. The monoisotopic (exact) mass is 286 g/mol. The summed E-state index contributed by atoms with van der Waals surface area (Å²) in [6, 6.07) is 19.3. The molecule has 108 valence electrons. The normalized spacial score (nSPS) is 19.2. The molecule has 1 aliphatic heterocycles. The van der Waals surface area contributed by atoms with E-state index in [1.54, 1.807) is 0 Å². The Bertz CT molecular complexity index is 847. The summed E-state index contributed by atoms with van der Waals surface area (Å²) in [7, 11) is 0. The Labute approximate surface area is 130 Å². The second kappa shape index (κ2) is 5.66. The van der Waals surface area contributed by atoms with Gasteiger partial charge in [-0.05, 0) is 21.6 Å². The number of nitrogens with zero attached hydrogens (tertiary/aromatic N) is 1. The smallest absolute Gasteiger partial charge is 0.0702 e. The van der Waals surface area contributed by atoms with Crippen LogP contribution in [-0.2, 0) is 6.54 Å². The van der Waals surface area contributed by atoms with Crippen LogP contribution < -0.4 is 15.9 Å². The third-order valence-corrected chi connectivity index (χ3v) is 4.09. The lowest BCUT2D eigenvalue weighted by molar-refractivity contribution is 0.289. The van der Waals surface area contributed by atoms with Gasteiger partial charge in [-0.25, -0.2) is 5.43 Å². The van der Waals surface area contributed by atoms with Crippen molar-refractivity contribution in [3.8, 4) is 0 Å². The van der Waals surface area contributed by atoms with E-state index in [0.717, 1.165) is 6.54 Å². The van der Waals surface area contributed by atoms with Crippen LogP contribution in [0.4, 0.5) is 0 Å². The zero-order valence-electron chi connectivity index (χ0n) is 12.3. The molecule has 22 heavy (non-hydrogen) atoms. The summed E-state index contributed by atoms with van der Waals surface area (Å²) in [6.07, 6.45) is 10.8. The quantitative estimate of drug-likeness (QED) is 0.909. The molecule has 1 atom stereocenters. The lowest BCUT2D eigenvalue weighted by Crippen LogP contribution is -2.40. The third-order valence-electron chi connectivity index (χ3n) is 4.09. The molecule has 1 heterocycles. The van der Waals surface area contributed by atoms with Crippen molar-refractivity contribution in [3.63, 3.8) is 0 Å². The summed E-state index contributed by atoms with van der Waals surface area (Å²) in [6.45, 7) is 0.844. The van der Waals surface area contributed by atoms with Crippen LogP contribution in [0.25, 0.3) is 11.8 Å². The number of hydrazine groups is 1. The summed E-state index contributed by atoms with van der Waals surface area (Å²) >= 11 is 0. The number of benzene rings is 2. The van der Waals surface area contributed by atoms with Crippen LogP contribution in [0.5, 0.6) is 0 Å². The maximum Gasteiger partial charge on any atom is 0.0702 e. The molecule has 1 aliphatic carbocycles. The van der Waals surface area contributed by atoms with Gasteiger partial charge in [-0.3, -0.25) is 0 Å². The van der Waals surface area contributed by atoms with E-state index in [9.17, 15) is 0 Å². The van der Waals surface area contributed by atoms with Gasteiger partial charge in [0.25, 0.3) is 0 Å². The van der Waals surface area contributed by atoms with Gasteiger partial charge in [0.15, 0.2) is 0 Å². The molecule has 2 nitrogen and oxygen atoms in total. The zero-order valence-corrected chi connectivity index (χ0v) is 12.3. The predicted octanol–water partition coefficient (Wildman–Crippen LogP) is 2.09. The maximum absolute atomic E-state index is 3.62. The van der Waals surface area contributed by atoms with E-state index in [4.69, 9.17) is 0 Å². The highest BCUT2D eigenvalue weighted by Gasteiger charge is 2.17. The number of allylic oxidation sites excluding steroid dienone is 2. The Morgan fingerprint density at radius 3 is 2.64 bits per heavy atom. The lowest BCUT2D eigenvalue weighted by Gasteiger charge is -2.26. The molecule has 2 aromatic rings. The fraction of sp³-hybridized carbons (Fsp3) is 0.100. The highest BCUT2D eigenvalue weighted by atomic mass is 15.5. The number of hydrogen-bond acceptors (Lipinski definition) is 2. The van der Waals surface area contributed by atoms with Crippen molar-refractivity contribution >= 4 is 11.8 Å². The highest BCUT2D eigenvalue weighted by Crippen LogP contribution is 2.14. The van der Waals surface area contributed by atoms with E-state index in [1.165, 1.54) is 21.6 Å². The van der Waals surface area contributed by atoms with Gasteiger partial charge < -0.3 is 5.01 Å². The Balaban J connectivity index is 1.80. The topological polar surface area (TPSA) is 15.3 Å². The van der Waals surface area contributed by atoms with Gasteiger partial charge in [-0.2, -0.15) is 0 Å². The largest absolute Gasteiger partial charge is 0.310 e. The van der Waals surface area contributed by atoms with Gasteiger partial charge in [0, 0.05) is 6.20 Å². The first-order valence-corrected chi connectivity index (χ1v) is 7.63. The molecule has 2 aliphatic rings. The van der Waals surface area contributed by atoms with Crippen LogP contribution >= 0.6 is 0 Å². The SMILES string of the molecule is C1=CC2=c3ccccc3=CN(Cc3ccccc3)NC2C=C1. The van der Waals surface area contributed by atoms with Crippen LogP contribution in [0.3, 0.4) is 0 Å². The first-order valence-electron chi connectivity index (χ1n) is 7.63. The summed E-state index contributed by atoms with van der Waals surface area (Å²) in [4.78, 5) is 0. The summed E-state index contributed by atoms with van der Waals surface area (Å²) in [5.41, 5.74) is 6.23. The van der Waals surface area contributed by atoms with Crippen molar-refractivity contribution in [2.24, 2.45) is 0 Å². The number of fused-ring (bicyclic) bond motifs is 2. The Hall–Kier alpha value is -2.58. The van der Waals surface area contributed by atoms with Crippen LogP contribution in [0.15, 0.2) is 78.9 Å². The second-order valence-corrected chi connectivity index (χ2v) is 5.64. The van der Waals surface area contributed by atoms with Gasteiger partial charge in [0.1, 0.15) is 0 Å². The molecule has 0 bridgehead atoms. The highest BCUT2D eigenvalue weighted by molar-refractivity contribution is 5.67. The van der Waals surface area contributed by atoms with Crippen molar-refractivity contribution in [1.82, 2.24) is 10.4 Å².